The van der Waals surface area contributed by atoms with Crippen molar-refractivity contribution in [2.45, 2.75) is 13.8 Å². The minimum absolute atomic E-state index is 0.876. The fraction of sp³-hybridized carbons (Fsp3) is 0.143. The van der Waals surface area contributed by atoms with Crippen LogP contribution in [-0.2, 0) is 9.87 Å². The van der Waals surface area contributed by atoms with Crippen LogP contribution < -0.4 is 6.64 Å². The monoisotopic (exact) mass is 516 g/mol. The molecular weight excluding hydrogens is 502 g/mol. The molecule has 0 spiro atoms. The van der Waals surface area contributed by atoms with Crippen molar-refractivity contribution in [1.82, 2.24) is 0 Å². The molecule has 0 N–H and O–H groups in total. The van der Waals surface area contributed by atoms with E-state index in [1.165, 1.54) is 11.1 Å². The van der Waals surface area contributed by atoms with Crippen molar-refractivity contribution in [3.05, 3.63) is 59.7 Å². The average molecular weight is 516 g/mol. The summed E-state index contributed by atoms with van der Waals surface area (Å²) in [6.07, 6.45) is 0. The molecule has 5 heteroatoms. The molecule has 2 rings (SSSR count). The van der Waals surface area contributed by atoms with Crippen LogP contribution in [0.15, 0.2) is 48.5 Å². The van der Waals surface area contributed by atoms with Crippen molar-refractivity contribution >= 4 is 38.4 Å². The molecule has 0 heterocycles. The number of benzene rings is 2. The van der Waals surface area contributed by atoms with E-state index < -0.39 is 9.87 Å². The van der Waals surface area contributed by atoms with Crippen LogP contribution in [-0.4, -0.2) is 0 Å². The van der Waals surface area contributed by atoms with Gasteiger partial charge < -0.3 is 0 Å². The van der Waals surface area contributed by atoms with E-state index in [1.807, 2.05) is 48.5 Å². The summed E-state index contributed by atoms with van der Waals surface area (Å²) in [5.74, 6) is 1.75. The van der Waals surface area contributed by atoms with E-state index in [0.717, 1.165) is 11.5 Å². The summed E-state index contributed by atoms with van der Waals surface area (Å²) in [6.45, 7) is 4.13. The Bertz CT molecular complexity index is 489. The maximum absolute atomic E-state index is 6.03. The van der Waals surface area contributed by atoms with Gasteiger partial charge in [-0.25, -0.2) is 0 Å². The van der Waals surface area contributed by atoms with Gasteiger partial charge >= 0.3 is 140 Å². The topological polar surface area (TPSA) is 18.5 Å². The van der Waals surface area contributed by atoms with Crippen molar-refractivity contribution in [1.29, 1.82) is 0 Å². The van der Waals surface area contributed by atoms with Crippen LogP contribution >= 0.6 is 38.4 Å². The molecule has 0 saturated heterocycles. The van der Waals surface area contributed by atoms with Crippen LogP contribution in [0.1, 0.15) is 11.1 Å². The minimum atomic E-state index is -2.81. The summed E-state index contributed by atoms with van der Waals surface area (Å²) in [7, 11) is -2.81. The van der Waals surface area contributed by atoms with Crippen LogP contribution in [0.2, 0.25) is 0 Å². The third kappa shape index (κ3) is 5.25. The SMILES string of the molecule is Cc1ccc([O][Ti]([I])([I])[O]c2ccc(C)cc2)cc1. The molecule has 2 aromatic carbocycles. The van der Waals surface area contributed by atoms with Gasteiger partial charge in [-0.2, -0.15) is 0 Å². The third-order valence-electron chi connectivity index (χ3n) is 2.52. The standard InChI is InChI=1S/2C7H8O.2HI.Ti/c2*1-6-2-4-7(8)5-3-6;;;/h2*2-5,8H,1H3;2*1H;/q;;;;+4/p-4. The van der Waals surface area contributed by atoms with Gasteiger partial charge in [0, 0.05) is 0 Å². The molecular formula is C14H14I2O2Ti. The van der Waals surface area contributed by atoms with Gasteiger partial charge in [0.2, 0.25) is 0 Å². The first-order valence-electron chi connectivity index (χ1n) is 5.84. The molecule has 2 aromatic rings. The van der Waals surface area contributed by atoms with Crippen molar-refractivity contribution in [3.63, 3.8) is 0 Å². The molecule has 0 aliphatic carbocycles. The fourth-order valence-electron chi connectivity index (χ4n) is 1.51. The quantitative estimate of drug-likeness (QED) is 0.398. The average Bonchev–Trinajstić information content (AvgIpc) is 2.34. The Balaban J connectivity index is 2.05. The summed E-state index contributed by atoms with van der Waals surface area (Å²) in [6, 6.07) is 16.2. The second kappa shape index (κ2) is 6.78. The van der Waals surface area contributed by atoms with E-state index in [1.54, 1.807) is 0 Å². The summed E-state index contributed by atoms with van der Waals surface area (Å²) in [5.41, 5.74) is 2.46. The molecule has 100 valence electrons. The Morgan fingerprint density at radius 3 is 1.32 bits per heavy atom. The van der Waals surface area contributed by atoms with Gasteiger partial charge in [-0.3, -0.25) is 0 Å². The number of halogens is 2. The van der Waals surface area contributed by atoms with Gasteiger partial charge in [0.05, 0.1) is 0 Å². The number of aryl methyl sites for hydroxylation is 2. The van der Waals surface area contributed by atoms with Crippen molar-refractivity contribution in [2.24, 2.45) is 0 Å². The first kappa shape index (κ1) is 15.6. The number of rotatable bonds is 4. The van der Waals surface area contributed by atoms with Gasteiger partial charge in [-0.15, -0.1) is 0 Å². The van der Waals surface area contributed by atoms with Gasteiger partial charge in [0.15, 0.2) is 0 Å². The molecule has 0 fully saturated rings. The molecule has 0 amide bonds. The molecule has 19 heavy (non-hydrogen) atoms. The molecule has 0 aliphatic rings. The Morgan fingerprint density at radius 2 is 1.00 bits per heavy atom. The second-order valence-electron chi connectivity index (χ2n) is 4.29. The number of hydrogen-bond acceptors (Lipinski definition) is 2. The van der Waals surface area contributed by atoms with Crippen molar-refractivity contribution in [2.75, 3.05) is 0 Å². The first-order valence-corrected chi connectivity index (χ1v) is 17.2. The zero-order chi connectivity index (χ0) is 13.9. The number of hydrogen-bond donors (Lipinski definition) is 0. The van der Waals surface area contributed by atoms with Crippen LogP contribution in [0.3, 0.4) is 0 Å². The predicted octanol–water partition coefficient (Wildman–Crippen LogP) is 5.45. The summed E-state index contributed by atoms with van der Waals surface area (Å²) in [4.78, 5) is 0. The molecule has 0 saturated carbocycles. The van der Waals surface area contributed by atoms with Gasteiger partial charge in [-0.05, 0) is 0 Å². The third-order valence-corrected chi connectivity index (χ3v) is 7.63. The molecule has 0 unspecified atom stereocenters. The van der Waals surface area contributed by atoms with E-state index in [4.69, 9.17) is 6.64 Å². The Kier molecular flexibility index (Phi) is 5.57. The van der Waals surface area contributed by atoms with E-state index in [2.05, 4.69) is 52.2 Å². The van der Waals surface area contributed by atoms with E-state index in [0.29, 0.717) is 0 Å². The van der Waals surface area contributed by atoms with Gasteiger partial charge in [-0.1, -0.05) is 0 Å². The van der Waals surface area contributed by atoms with Gasteiger partial charge in [0.25, 0.3) is 0 Å². The Hall–Kier alpha value is 0.214. The second-order valence-corrected chi connectivity index (χ2v) is 26.6. The molecule has 0 aliphatic heterocycles. The van der Waals surface area contributed by atoms with Crippen LogP contribution in [0, 0.1) is 13.8 Å². The first-order chi connectivity index (χ1) is 8.94. The fourth-order valence-corrected chi connectivity index (χ4v) is 7.05. The zero-order valence-corrected chi connectivity index (χ0v) is 16.6. The molecule has 0 atom stereocenters. The molecule has 0 radical (unpaired) electrons. The van der Waals surface area contributed by atoms with Crippen molar-refractivity contribution < 1.29 is 16.5 Å². The van der Waals surface area contributed by atoms with Crippen LogP contribution in [0.5, 0.6) is 11.5 Å². The Labute approximate surface area is 138 Å². The zero-order valence-electron chi connectivity index (χ0n) is 10.7. The van der Waals surface area contributed by atoms with Crippen molar-refractivity contribution in [3.8, 4) is 11.5 Å². The Morgan fingerprint density at radius 1 is 0.684 bits per heavy atom. The summed E-state index contributed by atoms with van der Waals surface area (Å²) >= 11 is 4.66. The summed E-state index contributed by atoms with van der Waals surface area (Å²) < 4.78 is 12.1. The predicted molar refractivity (Wildman–Crippen MR) is 91.7 cm³/mol. The molecule has 2 nitrogen and oxygen atoms in total. The normalized spacial score (nSPS) is 11.2. The maximum atomic E-state index is 6.03. The molecule has 0 bridgehead atoms. The molecule has 0 aromatic heterocycles. The van der Waals surface area contributed by atoms with Crippen LogP contribution in [0.25, 0.3) is 0 Å². The van der Waals surface area contributed by atoms with E-state index in [9.17, 15) is 0 Å². The van der Waals surface area contributed by atoms with Gasteiger partial charge in [0.1, 0.15) is 0 Å². The van der Waals surface area contributed by atoms with E-state index >= 15 is 0 Å². The van der Waals surface area contributed by atoms with E-state index in [-0.39, 0.29) is 0 Å². The summed E-state index contributed by atoms with van der Waals surface area (Å²) in [5, 5.41) is 0. The van der Waals surface area contributed by atoms with Crippen LogP contribution in [0.4, 0.5) is 0 Å².